The van der Waals surface area contributed by atoms with Crippen molar-refractivity contribution < 1.29 is 31.1 Å². The van der Waals surface area contributed by atoms with Crippen LogP contribution in [0.15, 0.2) is 18.2 Å². The molecule has 0 aromatic heterocycles. The van der Waals surface area contributed by atoms with Crippen molar-refractivity contribution in [2.24, 2.45) is 0 Å². The van der Waals surface area contributed by atoms with Crippen molar-refractivity contribution in [2.75, 3.05) is 5.75 Å². The Morgan fingerprint density at radius 1 is 1.35 bits per heavy atom. The van der Waals surface area contributed by atoms with Gasteiger partial charge in [-0.3, -0.25) is 0 Å². The standard InChI is InChI=1S/C9H8F4O3S/c10-7-2-1-6(3-4-17(14)15)8(5-7)16-9(11,12)13/h1-2,5H,3-4H2,(H,14,15). The van der Waals surface area contributed by atoms with Crippen LogP contribution < -0.4 is 4.74 Å². The van der Waals surface area contributed by atoms with E-state index >= 15 is 0 Å². The Labute approximate surface area is 96.7 Å². The molecule has 1 N–H and O–H groups in total. The average Bonchev–Trinajstić information content (AvgIpc) is 2.13. The second kappa shape index (κ2) is 5.46. The number of hydrogen-bond donors (Lipinski definition) is 1. The number of benzene rings is 1. The fraction of sp³-hybridized carbons (Fsp3) is 0.333. The van der Waals surface area contributed by atoms with Crippen LogP contribution in [-0.2, 0) is 17.5 Å². The zero-order valence-electron chi connectivity index (χ0n) is 8.33. The molecule has 0 heterocycles. The first-order valence-electron chi connectivity index (χ1n) is 4.39. The molecule has 0 bridgehead atoms. The van der Waals surface area contributed by atoms with Crippen molar-refractivity contribution >= 4 is 11.1 Å². The van der Waals surface area contributed by atoms with Gasteiger partial charge in [-0.25, -0.2) is 8.60 Å². The molecule has 0 aliphatic heterocycles. The van der Waals surface area contributed by atoms with Crippen LogP contribution in [0.25, 0.3) is 0 Å². The molecular formula is C9H8F4O3S. The summed E-state index contributed by atoms with van der Waals surface area (Å²) in [5.74, 6) is -1.82. The maximum Gasteiger partial charge on any atom is 0.573 e. The molecule has 0 radical (unpaired) electrons. The lowest BCUT2D eigenvalue weighted by molar-refractivity contribution is -0.274. The second-order valence-corrected chi connectivity index (χ2v) is 4.13. The largest absolute Gasteiger partial charge is 0.573 e. The summed E-state index contributed by atoms with van der Waals surface area (Å²) in [6, 6.07) is 2.63. The second-order valence-electron chi connectivity index (χ2n) is 3.08. The fourth-order valence-corrected chi connectivity index (χ4v) is 1.55. The molecule has 1 unspecified atom stereocenters. The van der Waals surface area contributed by atoms with E-state index in [-0.39, 0.29) is 17.7 Å². The number of ether oxygens (including phenoxy) is 1. The predicted molar refractivity (Wildman–Crippen MR) is 52.4 cm³/mol. The molecule has 1 rings (SSSR count). The first-order valence-corrected chi connectivity index (χ1v) is 5.67. The number of halogens is 4. The summed E-state index contributed by atoms with van der Waals surface area (Å²) < 4.78 is 71.3. The minimum absolute atomic E-state index is 0.0196. The first-order chi connectivity index (χ1) is 7.78. The summed E-state index contributed by atoms with van der Waals surface area (Å²) in [6.07, 6.45) is -5.05. The average molecular weight is 272 g/mol. The van der Waals surface area contributed by atoms with Crippen molar-refractivity contribution in [1.82, 2.24) is 0 Å². The van der Waals surface area contributed by atoms with Gasteiger partial charge in [-0.1, -0.05) is 6.07 Å². The Hall–Kier alpha value is -1.15. The van der Waals surface area contributed by atoms with Crippen molar-refractivity contribution in [3.8, 4) is 5.75 Å². The van der Waals surface area contributed by atoms with Gasteiger partial charge in [-0.2, -0.15) is 0 Å². The van der Waals surface area contributed by atoms with Gasteiger partial charge in [-0.05, 0) is 18.1 Å². The highest BCUT2D eigenvalue weighted by Crippen LogP contribution is 2.27. The number of aryl methyl sites for hydroxylation is 1. The maximum absolute atomic E-state index is 12.8. The quantitative estimate of drug-likeness (QED) is 0.676. The molecule has 0 fully saturated rings. The lowest BCUT2D eigenvalue weighted by Crippen LogP contribution is -2.18. The van der Waals surface area contributed by atoms with E-state index in [0.29, 0.717) is 6.07 Å². The van der Waals surface area contributed by atoms with Crippen molar-refractivity contribution in [3.63, 3.8) is 0 Å². The van der Waals surface area contributed by atoms with Gasteiger partial charge in [0.05, 0.1) is 5.75 Å². The fourth-order valence-electron chi connectivity index (χ4n) is 1.15. The lowest BCUT2D eigenvalue weighted by atomic mass is 10.1. The molecule has 0 spiro atoms. The molecular weight excluding hydrogens is 264 g/mol. The normalized spacial score (nSPS) is 13.5. The molecule has 1 aromatic rings. The first kappa shape index (κ1) is 13.9. The monoisotopic (exact) mass is 272 g/mol. The Morgan fingerprint density at radius 2 is 2.00 bits per heavy atom. The van der Waals surface area contributed by atoms with Crippen LogP contribution in [0.1, 0.15) is 5.56 Å². The molecule has 3 nitrogen and oxygen atoms in total. The number of rotatable bonds is 4. The maximum atomic E-state index is 12.8. The Bertz CT molecular complexity index is 419. The van der Waals surface area contributed by atoms with E-state index in [1.54, 1.807) is 0 Å². The van der Waals surface area contributed by atoms with Gasteiger partial charge in [0.25, 0.3) is 0 Å². The third-order valence-corrected chi connectivity index (χ3v) is 2.35. The van der Waals surface area contributed by atoms with Gasteiger partial charge in [0.1, 0.15) is 11.6 Å². The van der Waals surface area contributed by atoms with Crippen molar-refractivity contribution in [2.45, 2.75) is 12.8 Å². The molecule has 1 aromatic carbocycles. The summed E-state index contributed by atoms with van der Waals surface area (Å²) in [5.41, 5.74) is 0.0196. The highest BCUT2D eigenvalue weighted by Gasteiger charge is 2.32. The molecule has 8 heteroatoms. The van der Waals surface area contributed by atoms with E-state index in [4.69, 9.17) is 4.55 Å². The Balaban J connectivity index is 2.91. The summed E-state index contributed by atoms with van der Waals surface area (Å²) in [6.45, 7) is 0. The summed E-state index contributed by atoms with van der Waals surface area (Å²) >= 11 is -2.13. The molecule has 0 saturated heterocycles. The van der Waals surface area contributed by atoms with Crippen molar-refractivity contribution in [3.05, 3.63) is 29.6 Å². The molecule has 0 saturated carbocycles. The van der Waals surface area contributed by atoms with E-state index in [1.807, 2.05) is 0 Å². The number of alkyl halides is 3. The van der Waals surface area contributed by atoms with Gasteiger partial charge in [0, 0.05) is 6.07 Å². The van der Waals surface area contributed by atoms with Crippen LogP contribution in [0.2, 0.25) is 0 Å². The molecule has 0 aliphatic rings. The lowest BCUT2D eigenvalue weighted by Gasteiger charge is -2.12. The van der Waals surface area contributed by atoms with Crippen LogP contribution in [0.5, 0.6) is 5.75 Å². The highest BCUT2D eigenvalue weighted by atomic mass is 32.2. The predicted octanol–water partition coefficient (Wildman–Crippen LogP) is 2.49. The van der Waals surface area contributed by atoms with E-state index in [2.05, 4.69) is 4.74 Å². The van der Waals surface area contributed by atoms with E-state index in [0.717, 1.165) is 12.1 Å². The minimum Gasteiger partial charge on any atom is -0.405 e. The van der Waals surface area contributed by atoms with Crippen LogP contribution in [-0.4, -0.2) is 20.9 Å². The summed E-state index contributed by atoms with van der Waals surface area (Å²) in [4.78, 5) is 0. The molecule has 96 valence electrons. The Morgan fingerprint density at radius 3 is 2.53 bits per heavy atom. The zero-order valence-corrected chi connectivity index (χ0v) is 9.15. The minimum atomic E-state index is -4.93. The summed E-state index contributed by atoms with van der Waals surface area (Å²) in [7, 11) is 0. The van der Waals surface area contributed by atoms with Gasteiger partial charge in [0.15, 0.2) is 11.1 Å². The van der Waals surface area contributed by atoms with Gasteiger partial charge >= 0.3 is 6.36 Å². The third kappa shape index (κ3) is 5.14. The smallest absolute Gasteiger partial charge is 0.405 e. The van der Waals surface area contributed by atoms with Gasteiger partial charge in [-0.15, -0.1) is 13.2 Å². The van der Waals surface area contributed by atoms with Crippen molar-refractivity contribution in [1.29, 1.82) is 0 Å². The van der Waals surface area contributed by atoms with Crippen LogP contribution in [0.3, 0.4) is 0 Å². The zero-order chi connectivity index (χ0) is 13.1. The van der Waals surface area contributed by atoms with Crippen LogP contribution in [0, 0.1) is 5.82 Å². The number of hydrogen-bond acceptors (Lipinski definition) is 2. The van der Waals surface area contributed by atoms with E-state index < -0.39 is 29.0 Å². The van der Waals surface area contributed by atoms with Gasteiger partial charge in [0.2, 0.25) is 0 Å². The SMILES string of the molecule is O=S(O)CCc1ccc(F)cc1OC(F)(F)F. The summed E-state index contributed by atoms with van der Waals surface area (Å²) in [5, 5.41) is 0. The van der Waals surface area contributed by atoms with Gasteiger partial charge < -0.3 is 9.29 Å². The molecule has 17 heavy (non-hydrogen) atoms. The van der Waals surface area contributed by atoms with Crippen LogP contribution in [0.4, 0.5) is 17.6 Å². The highest BCUT2D eigenvalue weighted by molar-refractivity contribution is 7.79. The molecule has 1 atom stereocenters. The third-order valence-electron chi connectivity index (χ3n) is 1.80. The van der Waals surface area contributed by atoms with Crippen LogP contribution >= 0.6 is 0 Å². The topological polar surface area (TPSA) is 46.5 Å². The molecule has 0 amide bonds. The van der Waals surface area contributed by atoms with E-state index in [1.165, 1.54) is 0 Å². The molecule has 0 aliphatic carbocycles. The van der Waals surface area contributed by atoms with E-state index in [9.17, 15) is 21.8 Å². The Kier molecular flexibility index (Phi) is 4.47.